The molecular weight excluding hydrogens is 685 g/mol. The summed E-state index contributed by atoms with van der Waals surface area (Å²) >= 11 is 0. The van der Waals surface area contributed by atoms with Crippen LogP contribution in [-0.4, -0.2) is 6.71 Å². The number of aryl methyl sites for hydroxylation is 7. The second kappa shape index (κ2) is 13.4. The molecule has 0 saturated carbocycles. The van der Waals surface area contributed by atoms with Crippen molar-refractivity contribution in [3.05, 3.63) is 191 Å². The molecule has 10 aromatic rings. The van der Waals surface area contributed by atoms with Crippen molar-refractivity contribution in [2.24, 2.45) is 0 Å². The summed E-state index contributed by atoms with van der Waals surface area (Å²) in [6.07, 6.45) is 0. The fraction of sp³-hybridized carbons (Fsp3) is 0.127. The molecule has 57 heavy (non-hydrogen) atoms. The van der Waals surface area contributed by atoms with E-state index in [-0.39, 0.29) is 6.71 Å². The van der Waals surface area contributed by atoms with Crippen LogP contribution in [0, 0.1) is 48.5 Å². The van der Waals surface area contributed by atoms with Gasteiger partial charge in [0.1, 0.15) is 0 Å². The first-order valence-corrected chi connectivity index (χ1v) is 20.3. The lowest BCUT2D eigenvalue weighted by Crippen LogP contribution is -2.56. The molecule has 0 heterocycles. The lowest BCUT2D eigenvalue weighted by atomic mass is 9.33. The van der Waals surface area contributed by atoms with E-state index in [0.717, 1.165) is 5.69 Å². The summed E-state index contributed by atoms with van der Waals surface area (Å²) < 4.78 is 0. The zero-order chi connectivity index (χ0) is 39.1. The molecule has 0 bridgehead atoms. The number of hydrogen-bond acceptors (Lipinski definition) is 1. The summed E-state index contributed by atoms with van der Waals surface area (Å²) in [7, 11) is 0. The summed E-state index contributed by atoms with van der Waals surface area (Å²) in [5.74, 6) is 0. The number of nitrogens with zero attached hydrogens (tertiary/aromatic N) is 1. The highest BCUT2D eigenvalue weighted by Crippen LogP contribution is 2.46. The molecule has 0 aliphatic rings. The minimum atomic E-state index is 0.0967. The lowest BCUT2D eigenvalue weighted by Gasteiger charge is -2.31. The molecule has 0 spiro atoms. The van der Waals surface area contributed by atoms with Crippen LogP contribution in [0.3, 0.4) is 0 Å². The molecule has 0 fully saturated rings. The molecule has 0 amide bonds. The van der Waals surface area contributed by atoms with E-state index in [9.17, 15) is 0 Å². The Bertz CT molecular complexity index is 3110. The fourth-order valence-electron chi connectivity index (χ4n) is 10.3. The molecule has 0 saturated heterocycles. The zero-order valence-corrected chi connectivity index (χ0v) is 34.0. The van der Waals surface area contributed by atoms with Crippen LogP contribution in [0.15, 0.2) is 152 Å². The Hall–Kier alpha value is -6.38. The number of anilines is 3. The van der Waals surface area contributed by atoms with Crippen LogP contribution in [0.4, 0.5) is 17.1 Å². The van der Waals surface area contributed by atoms with Crippen LogP contribution >= 0.6 is 0 Å². The van der Waals surface area contributed by atoms with Crippen molar-refractivity contribution in [2.45, 2.75) is 48.5 Å². The summed E-state index contributed by atoms with van der Waals surface area (Å²) in [6.45, 7) is 16.0. The molecule has 0 atom stereocenters. The maximum absolute atomic E-state index is 2.53. The van der Waals surface area contributed by atoms with Gasteiger partial charge < -0.3 is 4.90 Å². The van der Waals surface area contributed by atoms with Gasteiger partial charge in [-0.1, -0.05) is 178 Å². The third-order valence-electron chi connectivity index (χ3n) is 12.7. The standard InChI is InChI=1S/C55H46BN/c1-33-30-38(6)55(39(7)31-33)57(44-24-27-46-43(32-44)19-18-40-16-8-9-17-45(40)46)50-29-23-42-20-25-47-49(28-22-41-21-26-48(50)52(42)51(41)47)56(53-34(2)12-10-13-35(53)3)54-36(4)14-11-15-37(54)5/h8-32H,1-7H3. The summed E-state index contributed by atoms with van der Waals surface area (Å²) in [5, 5.41) is 12.9. The number of rotatable bonds is 6. The minimum Gasteiger partial charge on any atom is -0.309 e. The first kappa shape index (κ1) is 35.1. The van der Waals surface area contributed by atoms with Gasteiger partial charge in [0.15, 0.2) is 0 Å². The topological polar surface area (TPSA) is 3.24 Å². The molecule has 274 valence electrons. The Labute approximate surface area is 336 Å². The molecule has 2 heteroatoms. The van der Waals surface area contributed by atoms with Crippen molar-refractivity contribution >= 4 is 94.0 Å². The molecule has 10 rings (SSSR count). The second-order valence-corrected chi connectivity index (χ2v) is 16.5. The monoisotopic (exact) mass is 731 g/mol. The van der Waals surface area contributed by atoms with Gasteiger partial charge in [-0.05, 0) is 126 Å². The average Bonchev–Trinajstić information content (AvgIpc) is 3.20. The van der Waals surface area contributed by atoms with Crippen LogP contribution in [0.5, 0.6) is 0 Å². The minimum absolute atomic E-state index is 0.0967. The van der Waals surface area contributed by atoms with Crippen LogP contribution < -0.4 is 21.3 Å². The van der Waals surface area contributed by atoms with Crippen LogP contribution in [-0.2, 0) is 0 Å². The SMILES string of the molecule is Cc1cc(C)c(N(c2ccc3c(ccc4ccccc43)c2)c2ccc3ccc4c(B(c5c(C)cccc5C)c5c(C)cccc5C)ccc5ccc2c3c54)c(C)c1. The number of benzene rings is 10. The summed E-state index contributed by atoms with van der Waals surface area (Å²) in [6, 6.07) is 57.4. The number of fused-ring (bicyclic) bond motifs is 3. The highest BCUT2D eigenvalue weighted by atomic mass is 15.1. The highest BCUT2D eigenvalue weighted by Gasteiger charge is 2.30. The van der Waals surface area contributed by atoms with E-state index in [1.807, 2.05) is 0 Å². The fourth-order valence-corrected chi connectivity index (χ4v) is 10.3. The maximum atomic E-state index is 2.53. The first-order chi connectivity index (χ1) is 27.7. The highest BCUT2D eigenvalue weighted by molar-refractivity contribution is 6.98. The van der Waals surface area contributed by atoms with E-state index in [1.165, 1.54) is 121 Å². The quantitative estimate of drug-likeness (QED) is 0.122. The molecule has 0 radical (unpaired) electrons. The normalized spacial score (nSPS) is 11.8. The Balaban J connectivity index is 1.27. The molecule has 10 aromatic carbocycles. The molecular formula is C55H46BN. The van der Waals surface area contributed by atoms with E-state index in [4.69, 9.17) is 0 Å². The van der Waals surface area contributed by atoms with E-state index in [2.05, 4.69) is 205 Å². The van der Waals surface area contributed by atoms with Gasteiger partial charge in [-0.2, -0.15) is 0 Å². The third-order valence-corrected chi connectivity index (χ3v) is 12.7. The van der Waals surface area contributed by atoms with Gasteiger partial charge >= 0.3 is 0 Å². The molecule has 0 aliphatic carbocycles. The van der Waals surface area contributed by atoms with Crippen molar-refractivity contribution in [1.29, 1.82) is 0 Å². The van der Waals surface area contributed by atoms with Gasteiger partial charge in [-0.3, -0.25) is 0 Å². The van der Waals surface area contributed by atoms with E-state index >= 15 is 0 Å². The van der Waals surface area contributed by atoms with Gasteiger partial charge in [-0.15, -0.1) is 0 Å². The van der Waals surface area contributed by atoms with Gasteiger partial charge in [-0.25, -0.2) is 0 Å². The Morgan fingerprint density at radius 3 is 1.54 bits per heavy atom. The van der Waals surface area contributed by atoms with Crippen LogP contribution in [0.25, 0.3) is 53.9 Å². The Kier molecular flexibility index (Phi) is 8.24. The largest absolute Gasteiger partial charge is 0.309 e. The third kappa shape index (κ3) is 5.53. The van der Waals surface area contributed by atoms with Crippen LogP contribution in [0.2, 0.25) is 0 Å². The predicted molar refractivity (Wildman–Crippen MR) is 251 cm³/mol. The van der Waals surface area contributed by atoms with E-state index in [1.54, 1.807) is 0 Å². The van der Waals surface area contributed by atoms with Gasteiger partial charge in [0.25, 0.3) is 0 Å². The Morgan fingerprint density at radius 2 is 0.877 bits per heavy atom. The zero-order valence-electron chi connectivity index (χ0n) is 34.0. The van der Waals surface area contributed by atoms with Crippen molar-refractivity contribution < 1.29 is 0 Å². The molecule has 0 N–H and O–H groups in total. The van der Waals surface area contributed by atoms with Crippen molar-refractivity contribution in [1.82, 2.24) is 0 Å². The van der Waals surface area contributed by atoms with Gasteiger partial charge in [0.2, 0.25) is 6.71 Å². The first-order valence-electron chi connectivity index (χ1n) is 20.3. The molecule has 0 aliphatic heterocycles. The molecule has 0 unspecified atom stereocenters. The Morgan fingerprint density at radius 1 is 0.368 bits per heavy atom. The summed E-state index contributed by atoms with van der Waals surface area (Å²) in [4.78, 5) is 2.53. The predicted octanol–water partition coefficient (Wildman–Crippen LogP) is 13.0. The maximum Gasteiger partial charge on any atom is 0.243 e. The lowest BCUT2D eigenvalue weighted by molar-refractivity contribution is 1.21. The molecule has 1 nitrogen and oxygen atoms in total. The van der Waals surface area contributed by atoms with Crippen molar-refractivity contribution in [3.63, 3.8) is 0 Å². The van der Waals surface area contributed by atoms with E-state index in [0.29, 0.717) is 0 Å². The average molecular weight is 732 g/mol. The van der Waals surface area contributed by atoms with Crippen LogP contribution in [0.1, 0.15) is 38.9 Å². The number of hydrogen-bond donors (Lipinski definition) is 0. The summed E-state index contributed by atoms with van der Waals surface area (Å²) in [5.41, 5.74) is 16.9. The second-order valence-electron chi connectivity index (χ2n) is 16.5. The van der Waals surface area contributed by atoms with Gasteiger partial charge in [0, 0.05) is 11.1 Å². The smallest absolute Gasteiger partial charge is 0.243 e. The van der Waals surface area contributed by atoms with Crippen molar-refractivity contribution in [2.75, 3.05) is 4.90 Å². The van der Waals surface area contributed by atoms with Crippen molar-refractivity contribution in [3.8, 4) is 0 Å². The van der Waals surface area contributed by atoms with Gasteiger partial charge in [0.05, 0.1) is 11.4 Å². The van der Waals surface area contributed by atoms with E-state index < -0.39 is 0 Å². The molecule has 0 aromatic heterocycles.